The van der Waals surface area contributed by atoms with E-state index in [4.69, 9.17) is 4.74 Å². The molecular formula is C28H33N3O2. The molecule has 3 aromatic carbocycles. The smallest absolute Gasteiger partial charge is 0.317 e. The highest BCUT2D eigenvalue weighted by Gasteiger charge is 2.27. The maximum atomic E-state index is 12.7. The number of ether oxygens (including phenoxy) is 1. The van der Waals surface area contributed by atoms with Gasteiger partial charge in [-0.15, -0.1) is 0 Å². The second-order valence-corrected chi connectivity index (χ2v) is 8.45. The summed E-state index contributed by atoms with van der Waals surface area (Å²) in [6.45, 7) is 6.38. The molecule has 5 nitrogen and oxygen atoms in total. The van der Waals surface area contributed by atoms with Crippen molar-refractivity contribution in [2.45, 2.75) is 19.4 Å². The summed E-state index contributed by atoms with van der Waals surface area (Å²) in [7, 11) is 0. The van der Waals surface area contributed by atoms with Crippen LogP contribution in [-0.2, 0) is 0 Å². The molecule has 1 heterocycles. The van der Waals surface area contributed by atoms with Crippen LogP contribution in [0.3, 0.4) is 0 Å². The average molecular weight is 444 g/mol. The van der Waals surface area contributed by atoms with Crippen molar-refractivity contribution in [2.75, 3.05) is 39.3 Å². The fraction of sp³-hybridized carbons (Fsp3) is 0.321. The van der Waals surface area contributed by atoms with Gasteiger partial charge in [-0.05, 0) is 36.1 Å². The van der Waals surface area contributed by atoms with E-state index >= 15 is 0 Å². The molecule has 33 heavy (non-hydrogen) atoms. The predicted octanol–water partition coefficient (Wildman–Crippen LogP) is 4.88. The summed E-state index contributed by atoms with van der Waals surface area (Å²) in [4.78, 5) is 17.1. The Labute approximate surface area is 197 Å². The quantitative estimate of drug-likeness (QED) is 0.505. The lowest BCUT2D eigenvalue weighted by atomic mass is 9.96. The minimum absolute atomic E-state index is 0.0153. The number of nitrogens with one attached hydrogen (secondary N) is 1. The van der Waals surface area contributed by atoms with Gasteiger partial charge in [-0.2, -0.15) is 0 Å². The topological polar surface area (TPSA) is 44.8 Å². The van der Waals surface area contributed by atoms with Gasteiger partial charge >= 0.3 is 6.03 Å². The molecule has 0 aliphatic carbocycles. The first-order valence-electron chi connectivity index (χ1n) is 11.8. The van der Waals surface area contributed by atoms with Gasteiger partial charge in [0, 0.05) is 32.7 Å². The van der Waals surface area contributed by atoms with Gasteiger partial charge in [-0.1, -0.05) is 78.9 Å². The third-order valence-electron chi connectivity index (χ3n) is 6.15. The van der Waals surface area contributed by atoms with E-state index in [0.717, 1.165) is 43.9 Å². The minimum atomic E-state index is 0.0153. The zero-order chi connectivity index (χ0) is 22.9. The van der Waals surface area contributed by atoms with Crippen molar-refractivity contribution in [3.8, 4) is 5.75 Å². The molecular weight excluding hydrogens is 410 g/mol. The summed E-state index contributed by atoms with van der Waals surface area (Å²) < 4.78 is 5.82. The highest BCUT2D eigenvalue weighted by atomic mass is 16.5. The summed E-state index contributed by atoms with van der Waals surface area (Å²) in [5.41, 5.74) is 3.70. The number of amides is 2. The summed E-state index contributed by atoms with van der Waals surface area (Å²) in [5.74, 6) is 0.909. The third-order valence-corrected chi connectivity index (χ3v) is 6.15. The molecule has 1 N–H and O–H groups in total. The zero-order valence-electron chi connectivity index (χ0n) is 19.3. The summed E-state index contributed by atoms with van der Waals surface area (Å²) in [5, 5.41) is 3.05. The van der Waals surface area contributed by atoms with Crippen LogP contribution in [0, 0.1) is 6.92 Å². The Kier molecular flexibility index (Phi) is 7.99. The third kappa shape index (κ3) is 6.14. The van der Waals surface area contributed by atoms with E-state index in [-0.39, 0.29) is 12.1 Å². The van der Waals surface area contributed by atoms with Crippen LogP contribution in [0.15, 0.2) is 84.9 Å². The number of benzene rings is 3. The Morgan fingerprint density at radius 2 is 1.42 bits per heavy atom. The summed E-state index contributed by atoms with van der Waals surface area (Å²) >= 11 is 0. The SMILES string of the molecule is Cc1ccccc1OCCCNC(=O)N1CCN(C(c2ccccc2)c2ccccc2)CC1. The molecule has 1 fully saturated rings. The molecule has 1 saturated heterocycles. The molecule has 3 aromatic rings. The maximum Gasteiger partial charge on any atom is 0.317 e. The molecule has 172 valence electrons. The first-order valence-corrected chi connectivity index (χ1v) is 11.8. The van der Waals surface area contributed by atoms with Gasteiger partial charge in [0.2, 0.25) is 0 Å². The number of hydrogen-bond donors (Lipinski definition) is 1. The zero-order valence-corrected chi connectivity index (χ0v) is 19.3. The molecule has 0 unspecified atom stereocenters. The number of carbonyl (C=O) groups excluding carboxylic acids is 1. The number of nitrogens with zero attached hydrogens (tertiary/aromatic N) is 2. The molecule has 0 aromatic heterocycles. The maximum absolute atomic E-state index is 12.7. The van der Waals surface area contributed by atoms with Crippen molar-refractivity contribution >= 4 is 6.03 Å². The van der Waals surface area contributed by atoms with Crippen molar-refractivity contribution in [3.05, 3.63) is 102 Å². The second-order valence-electron chi connectivity index (χ2n) is 8.45. The molecule has 0 saturated carbocycles. The number of aryl methyl sites for hydroxylation is 1. The van der Waals surface area contributed by atoms with Gasteiger partial charge in [0.1, 0.15) is 5.75 Å². The van der Waals surface area contributed by atoms with Gasteiger partial charge in [-0.3, -0.25) is 4.90 Å². The van der Waals surface area contributed by atoms with Gasteiger partial charge in [-0.25, -0.2) is 4.79 Å². The van der Waals surface area contributed by atoms with Crippen molar-refractivity contribution in [1.29, 1.82) is 0 Å². The van der Waals surface area contributed by atoms with E-state index in [1.807, 2.05) is 36.1 Å². The molecule has 0 radical (unpaired) electrons. The second kappa shape index (κ2) is 11.5. The largest absolute Gasteiger partial charge is 0.493 e. The summed E-state index contributed by atoms with van der Waals surface area (Å²) in [6, 6.07) is 29.5. The fourth-order valence-electron chi connectivity index (χ4n) is 4.35. The molecule has 0 bridgehead atoms. The highest BCUT2D eigenvalue weighted by Crippen LogP contribution is 2.29. The van der Waals surface area contributed by atoms with Crippen LogP contribution in [0.4, 0.5) is 4.79 Å². The lowest BCUT2D eigenvalue weighted by Crippen LogP contribution is -2.52. The number of carbonyl (C=O) groups is 1. The van der Waals surface area contributed by atoms with E-state index in [1.54, 1.807) is 0 Å². The molecule has 1 aliphatic rings. The predicted molar refractivity (Wildman–Crippen MR) is 133 cm³/mol. The number of para-hydroxylation sites is 1. The molecule has 0 spiro atoms. The van der Waals surface area contributed by atoms with Crippen molar-refractivity contribution in [3.63, 3.8) is 0 Å². The van der Waals surface area contributed by atoms with Gasteiger partial charge in [0.05, 0.1) is 12.6 Å². The number of hydrogen-bond acceptors (Lipinski definition) is 3. The first kappa shape index (κ1) is 22.9. The Hall–Kier alpha value is -3.31. The van der Waals surface area contributed by atoms with E-state index in [2.05, 4.69) is 70.9 Å². The van der Waals surface area contributed by atoms with Gasteiger partial charge in [0.25, 0.3) is 0 Å². The van der Waals surface area contributed by atoms with E-state index < -0.39 is 0 Å². The summed E-state index contributed by atoms with van der Waals surface area (Å²) in [6.07, 6.45) is 0.782. The van der Waals surface area contributed by atoms with E-state index in [1.165, 1.54) is 11.1 Å². The molecule has 1 aliphatic heterocycles. The lowest BCUT2D eigenvalue weighted by molar-refractivity contribution is 0.120. The Bertz CT molecular complexity index is 962. The lowest BCUT2D eigenvalue weighted by Gasteiger charge is -2.39. The molecule has 2 amide bonds. The van der Waals surface area contributed by atoms with Gasteiger partial charge in [0.15, 0.2) is 0 Å². The fourth-order valence-corrected chi connectivity index (χ4v) is 4.35. The monoisotopic (exact) mass is 443 g/mol. The van der Waals surface area contributed by atoms with Crippen LogP contribution in [-0.4, -0.2) is 55.2 Å². The molecule has 0 atom stereocenters. The Balaban J connectivity index is 1.25. The average Bonchev–Trinajstić information content (AvgIpc) is 2.87. The number of urea groups is 1. The first-order chi connectivity index (χ1) is 16.2. The van der Waals surface area contributed by atoms with Crippen molar-refractivity contribution in [2.24, 2.45) is 0 Å². The Morgan fingerprint density at radius 1 is 0.848 bits per heavy atom. The van der Waals surface area contributed by atoms with E-state index in [9.17, 15) is 4.79 Å². The highest BCUT2D eigenvalue weighted by molar-refractivity contribution is 5.74. The van der Waals surface area contributed by atoms with Gasteiger partial charge < -0.3 is 15.0 Å². The number of rotatable bonds is 8. The Morgan fingerprint density at radius 3 is 2.03 bits per heavy atom. The van der Waals surface area contributed by atoms with E-state index in [0.29, 0.717) is 13.2 Å². The van der Waals surface area contributed by atoms with Crippen LogP contribution in [0.25, 0.3) is 0 Å². The van der Waals surface area contributed by atoms with Crippen molar-refractivity contribution < 1.29 is 9.53 Å². The molecule has 4 rings (SSSR count). The van der Waals surface area contributed by atoms with Crippen LogP contribution in [0.5, 0.6) is 5.75 Å². The van der Waals surface area contributed by atoms with Crippen LogP contribution >= 0.6 is 0 Å². The number of piperazine rings is 1. The van der Waals surface area contributed by atoms with Crippen molar-refractivity contribution in [1.82, 2.24) is 15.1 Å². The van der Waals surface area contributed by atoms with Crippen LogP contribution < -0.4 is 10.1 Å². The standard InChI is InChI=1S/C28H33N3O2/c1-23-11-8-9-16-26(23)33-22-10-17-29-28(32)31-20-18-30(19-21-31)27(24-12-4-2-5-13-24)25-14-6-3-7-15-25/h2-9,11-16,27H,10,17-22H2,1H3,(H,29,32). The van der Waals surface area contributed by atoms with Crippen LogP contribution in [0.2, 0.25) is 0 Å². The normalized spacial score (nSPS) is 14.3. The molecule has 5 heteroatoms. The minimum Gasteiger partial charge on any atom is -0.493 e. The van der Waals surface area contributed by atoms with Crippen LogP contribution in [0.1, 0.15) is 29.2 Å².